The van der Waals surface area contributed by atoms with Gasteiger partial charge in [0.1, 0.15) is 5.82 Å². The maximum absolute atomic E-state index is 14.5. The van der Waals surface area contributed by atoms with Crippen molar-refractivity contribution >= 4 is 22.8 Å². The standard InChI is InChI=1S/C24H25F4N3O2/c1-13-9-10-17(22(33-5)21(13)25)14(2)15(3)23(32,24(26,27)28)12-30-19-7-6-8-20-18(19)11-29-16(4)31-20/h6-12,14-15,32H,1-5H3. The lowest BCUT2D eigenvalue weighted by Gasteiger charge is -2.36. The SMILES string of the molecule is COc1c(C(C)C(C)C(O)(C=Nc2cccc3nc(C)ncc23)C(F)(F)F)ccc(C)c1F. The summed E-state index contributed by atoms with van der Waals surface area (Å²) in [5, 5.41) is 11.3. The number of aromatic nitrogens is 2. The minimum absolute atomic E-state index is 0.141. The molecule has 3 rings (SSSR count). The smallest absolute Gasteiger partial charge is 0.422 e. The number of hydrogen-bond donors (Lipinski definition) is 1. The zero-order valence-electron chi connectivity index (χ0n) is 18.9. The van der Waals surface area contributed by atoms with E-state index in [0.717, 1.165) is 0 Å². The van der Waals surface area contributed by atoms with E-state index >= 15 is 0 Å². The van der Waals surface area contributed by atoms with E-state index in [1.807, 2.05) is 0 Å². The summed E-state index contributed by atoms with van der Waals surface area (Å²) in [5.74, 6) is -2.63. The third kappa shape index (κ3) is 4.55. The van der Waals surface area contributed by atoms with Gasteiger partial charge < -0.3 is 9.84 Å². The Morgan fingerprint density at radius 1 is 1.12 bits per heavy atom. The fraction of sp³-hybridized carbons (Fsp3) is 0.375. The van der Waals surface area contributed by atoms with Crippen molar-refractivity contribution in [1.82, 2.24) is 9.97 Å². The number of aryl methyl sites for hydroxylation is 2. The van der Waals surface area contributed by atoms with Crippen molar-refractivity contribution in [3.05, 3.63) is 59.3 Å². The van der Waals surface area contributed by atoms with Crippen molar-refractivity contribution in [2.45, 2.75) is 45.4 Å². The molecule has 0 fully saturated rings. The average Bonchev–Trinajstić information content (AvgIpc) is 2.77. The molecule has 176 valence electrons. The summed E-state index contributed by atoms with van der Waals surface area (Å²) >= 11 is 0. The Hall–Kier alpha value is -3.07. The first-order chi connectivity index (χ1) is 15.4. The first kappa shape index (κ1) is 24.6. The summed E-state index contributed by atoms with van der Waals surface area (Å²) in [4.78, 5) is 12.3. The molecule has 1 heterocycles. The number of nitrogens with zero attached hydrogens (tertiary/aromatic N) is 3. The second kappa shape index (κ2) is 9.05. The molecule has 0 radical (unpaired) electrons. The van der Waals surface area contributed by atoms with E-state index in [1.54, 1.807) is 19.1 Å². The zero-order valence-corrected chi connectivity index (χ0v) is 18.9. The van der Waals surface area contributed by atoms with Gasteiger partial charge >= 0.3 is 6.18 Å². The molecule has 0 aliphatic heterocycles. The number of ether oxygens (including phenoxy) is 1. The Morgan fingerprint density at radius 3 is 2.45 bits per heavy atom. The number of benzene rings is 2. The van der Waals surface area contributed by atoms with E-state index in [1.165, 1.54) is 52.3 Å². The van der Waals surface area contributed by atoms with Gasteiger partial charge in [0.2, 0.25) is 0 Å². The molecular formula is C24H25F4N3O2. The molecule has 33 heavy (non-hydrogen) atoms. The summed E-state index contributed by atoms with van der Waals surface area (Å²) in [5.41, 5.74) is -2.07. The van der Waals surface area contributed by atoms with Crippen LogP contribution in [0, 0.1) is 25.6 Å². The largest absolute Gasteiger partial charge is 0.493 e. The summed E-state index contributed by atoms with van der Waals surface area (Å²) in [6, 6.07) is 7.80. The Morgan fingerprint density at radius 2 is 1.82 bits per heavy atom. The number of rotatable bonds is 6. The van der Waals surface area contributed by atoms with Crippen LogP contribution in [0.15, 0.2) is 41.5 Å². The Labute approximate surface area is 189 Å². The van der Waals surface area contributed by atoms with Gasteiger partial charge in [-0.2, -0.15) is 13.2 Å². The highest BCUT2D eigenvalue weighted by atomic mass is 19.4. The van der Waals surface area contributed by atoms with E-state index in [-0.39, 0.29) is 17.0 Å². The van der Waals surface area contributed by atoms with Crippen LogP contribution in [0.2, 0.25) is 0 Å². The predicted octanol–water partition coefficient (Wildman–Crippen LogP) is 5.83. The van der Waals surface area contributed by atoms with Crippen molar-refractivity contribution in [3.63, 3.8) is 0 Å². The van der Waals surface area contributed by atoms with E-state index in [2.05, 4.69) is 15.0 Å². The third-order valence-corrected chi connectivity index (χ3v) is 6.04. The quantitative estimate of drug-likeness (QED) is 0.369. The van der Waals surface area contributed by atoms with Crippen molar-refractivity contribution in [2.24, 2.45) is 10.9 Å². The van der Waals surface area contributed by atoms with Gasteiger partial charge in [-0.1, -0.05) is 32.0 Å². The third-order valence-electron chi connectivity index (χ3n) is 6.04. The predicted molar refractivity (Wildman–Crippen MR) is 119 cm³/mol. The molecule has 0 aliphatic rings. The molecule has 0 bridgehead atoms. The summed E-state index contributed by atoms with van der Waals surface area (Å²) < 4.78 is 62.1. The first-order valence-corrected chi connectivity index (χ1v) is 10.3. The lowest BCUT2D eigenvalue weighted by molar-refractivity contribution is -0.246. The molecule has 2 aromatic carbocycles. The highest BCUT2D eigenvalue weighted by Crippen LogP contribution is 2.44. The maximum Gasteiger partial charge on any atom is 0.422 e. The van der Waals surface area contributed by atoms with Crippen LogP contribution in [0.5, 0.6) is 5.75 Å². The Bertz CT molecular complexity index is 1200. The molecule has 0 saturated heterocycles. The van der Waals surface area contributed by atoms with Gasteiger partial charge in [-0.25, -0.2) is 14.4 Å². The van der Waals surface area contributed by atoms with Crippen LogP contribution >= 0.6 is 0 Å². The van der Waals surface area contributed by atoms with Crippen molar-refractivity contribution in [1.29, 1.82) is 0 Å². The lowest BCUT2D eigenvalue weighted by atomic mass is 9.76. The number of aliphatic imine (C=N–C) groups is 1. The maximum atomic E-state index is 14.5. The Balaban J connectivity index is 2.06. The molecule has 3 unspecified atom stereocenters. The molecule has 5 nitrogen and oxygen atoms in total. The van der Waals surface area contributed by atoms with Gasteiger partial charge in [0.25, 0.3) is 0 Å². The molecule has 1 N–H and O–H groups in total. The van der Waals surface area contributed by atoms with Gasteiger partial charge in [-0.3, -0.25) is 4.99 Å². The summed E-state index contributed by atoms with van der Waals surface area (Å²) in [6.07, 6.45) is -3.07. The van der Waals surface area contributed by atoms with Gasteiger partial charge in [0.15, 0.2) is 17.2 Å². The molecule has 3 aromatic rings. The van der Waals surface area contributed by atoms with Crippen LogP contribution < -0.4 is 4.74 Å². The van der Waals surface area contributed by atoms with E-state index < -0.39 is 29.4 Å². The minimum atomic E-state index is -5.04. The van der Waals surface area contributed by atoms with E-state index in [0.29, 0.717) is 28.5 Å². The normalized spacial score (nSPS) is 16.1. The minimum Gasteiger partial charge on any atom is -0.493 e. The van der Waals surface area contributed by atoms with Gasteiger partial charge in [-0.05, 0) is 37.5 Å². The van der Waals surface area contributed by atoms with Crippen molar-refractivity contribution in [2.75, 3.05) is 7.11 Å². The fourth-order valence-corrected chi connectivity index (χ4v) is 3.75. The number of hydrogen-bond acceptors (Lipinski definition) is 5. The fourth-order valence-electron chi connectivity index (χ4n) is 3.75. The second-order valence-corrected chi connectivity index (χ2v) is 8.10. The highest BCUT2D eigenvalue weighted by molar-refractivity contribution is 5.91. The number of aliphatic hydroxyl groups is 1. The van der Waals surface area contributed by atoms with Crippen molar-refractivity contribution in [3.8, 4) is 5.75 Å². The molecule has 0 saturated carbocycles. The number of fused-ring (bicyclic) bond motifs is 1. The van der Waals surface area contributed by atoms with Crippen LogP contribution in [0.1, 0.15) is 36.7 Å². The van der Waals surface area contributed by atoms with Gasteiger partial charge in [0, 0.05) is 29.3 Å². The van der Waals surface area contributed by atoms with Crippen LogP contribution in [-0.4, -0.2) is 40.2 Å². The summed E-state index contributed by atoms with van der Waals surface area (Å²) in [6.45, 7) is 5.96. The lowest BCUT2D eigenvalue weighted by Crippen LogP contribution is -2.53. The molecule has 0 aliphatic carbocycles. The second-order valence-electron chi connectivity index (χ2n) is 8.10. The molecule has 1 aromatic heterocycles. The molecule has 0 spiro atoms. The van der Waals surface area contributed by atoms with E-state index in [9.17, 15) is 22.7 Å². The van der Waals surface area contributed by atoms with Crippen molar-refractivity contribution < 1.29 is 27.4 Å². The summed E-state index contributed by atoms with van der Waals surface area (Å²) in [7, 11) is 1.25. The van der Waals surface area contributed by atoms with Crippen LogP contribution in [0.4, 0.5) is 23.2 Å². The van der Waals surface area contributed by atoms with Crippen LogP contribution in [0.3, 0.4) is 0 Å². The number of methoxy groups -OCH3 is 1. The molecular weight excluding hydrogens is 438 g/mol. The first-order valence-electron chi connectivity index (χ1n) is 10.3. The van der Waals surface area contributed by atoms with Gasteiger partial charge in [0.05, 0.1) is 18.3 Å². The number of alkyl halides is 3. The zero-order chi connectivity index (χ0) is 24.6. The topological polar surface area (TPSA) is 67.6 Å². The Kier molecular flexibility index (Phi) is 6.74. The molecule has 3 atom stereocenters. The average molecular weight is 463 g/mol. The molecule has 0 amide bonds. The van der Waals surface area contributed by atoms with Crippen LogP contribution in [0.25, 0.3) is 10.9 Å². The van der Waals surface area contributed by atoms with Crippen LogP contribution in [-0.2, 0) is 0 Å². The highest BCUT2D eigenvalue weighted by Gasteiger charge is 2.57. The monoisotopic (exact) mass is 463 g/mol. The van der Waals surface area contributed by atoms with Gasteiger partial charge in [-0.15, -0.1) is 0 Å². The molecule has 9 heteroatoms. The number of halogens is 4. The van der Waals surface area contributed by atoms with E-state index in [4.69, 9.17) is 4.74 Å².